The first-order valence-electron chi connectivity index (χ1n) is 10.3. The van der Waals surface area contributed by atoms with Crippen LogP contribution in [-0.2, 0) is 4.79 Å². The molecule has 0 aliphatic carbocycles. The smallest absolute Gasteiger partial charge is 0.236 e. The van der Waals surface area contributed by atoms with Gasteiger partial charge in [-0.05, 0) is 12.1 Å². The fourth-order valence-corrected chi connectivity index (χ4v) is 4.79. The van der Waals surface area contributed by atoms with E-state index in [-0.39, 0.29) is 11.7 Å². The molecule has 0 radical (unpaired) electrons. The molecule has 0 bridgehead atoms. The van der Waals surface area contributed by atoms with Gasteiger partial charge in [0, 0.05) is 22.2 Å². The van der Waals surface area contributed by atoms with E-state index in [4.69, 9.17) is 0 Å². The summed E-state index contributed by atoms with van der Waals surface area (Å²) in [6, 6.07) is 29.7. The number of para-hydroxylation sites is 1. The fraction of sp³-hybridized carbons (Fsp3) is 0.0400. The molecule has 0 unspecified atom stereocenters. The van der Waals surface area contributed by atoms with Crippen LogP contribution in [0.25, 0.3) is 28.3 Å². The molecule has 6 nitrogen and oxygen atoms in total. The van der Waals surface area contributed by atoms with Gasteiger partial charge in [-0.1, -0.05) is 90.6 Å². The highest BCUT2D eigenvalue weighted by atomic mass is 32.2. The molecule has 5 aromatic rings. The summed E-state index contributed by atoms with van der Waals surface area (Å²) in [4.78, 5) is 17.2. The molecule has 162 valence electrons. The molecule has 3 aromatic carbocycles. The Morgan fingerprint density at radius 1 is 0.848 bits per heavy atom. The van der Waals surface area contributed by atoms with E-state index in [9.17, 15) is 4.79 Å². The number of carbonyl (C=O) groups is 1. The number of thiazole rings is 1. The topological polar surface area (TPSA) is 72.7 Å². The quantitative estimate of drug-likeness (QED) is 0.306. The van der Waals surface area contributed by atoms with Gasteiger partial charge in [-0.3, -0.25) is 9.36 Å². The Kier molecular flexibility index (Phi) is 6.27. The molecule has 1 N–H and O–H groups in total. The van der Waals surface area contributed by atoms with Crippen molar-refractivity contribution < 1.29 is 4.79 Å². The van der Waals surface area contributed by atoms with E-state index in [1.807, 2.05) is 101 Å². The zero-order valence-electron chi connectivity index (χ0n) is 17.5. The van der Waals surface area contributed by atoms with Crippen molar-refractivity contribution in [2.24, 2.45) is 0 Å². The average Bonchev–Trinajstić information content (AvgIpc) is 3.52. The lowest BCUT2D eigenvalue weighted by Crippen LogP contribution is -2.14. The van der Waals surface area contributed by atoms with Gasteiger partial charge in [0.1, 0.15) is 0 Å². The molecular formula is C25H19N5OS2. The second-order valence-electron chi connectivity index (χ2n) is 7.08. The summed E-state index contributed by atoms with van der Waals surface area (Å²) in [7, 11) is 0. The molecule has 0 atom stereocenters. The van der Waals surface area contributed by atoms with E-state index < -0.39 is 0 Å². The number of hydrogen-bond donors (Lipinski definition) is 1. The second kappa shape index (κ2) is 9.81. The Labute approximate surface area is 199 Å². The van der Waals surface area contributed by atoms with Crippen molar-refractivity contribution in [2.45, 2.75) is 5.16 Å². The third-order valence-corrected chi connectivity index (χ3v) is 6.52. The number of thioether (sulfide) groups is 1. The molecule has 2 aromatic heterocycles. The normalized spacial score (nSPS) is 10.8. The third-order valence-electron chi connectivity index (χ3n) is 4.83. The van der Waals surface area contributed by atoms with E-state index in [0.717, 1.165) is 28.3 Å². The highest BCUT2D eigenvalue weighted by Gasteiger charge is 2.17. The predicted molar refractivity (Wildman–Crippen MR) is 134 cm³/mol. The Balaban J connectivity index is 1.32. The van der Waals surface area contributed by atoms with E-state index in [1.165, 1.54) is 23.1 Å². The van der Waals surface area contributed by atoms with Crippen LogP contribution < -0.4 is 5.32 Å². The first-order chi connectivity index (χ1) is 16.3. The number of amides is 1. The van der Waals surface area contributed by atoms with Crippen LogP contribution >= 0.6 is 23.1 Å². The molecule has 0 saturated carbocycles. The monoisotopic (exact) mass is 469 g/mol. The van der Waals surface area contributed by atoms with Crippen molar-refractivity contribution in [1.82, 2.24) is 19.7 Å². The lowest BCUT2D eigenvalue weighted by atomic mass is 10.2. The lowest BCUT2D eigenvalue weighted by molar-refractivity contribution is -0.113. The van der Waals surface area contributed by atoms with Crippen LogP contribution in [0, 0.1) is 0 Å². The number of nitrogens with zero attached hydrogens (tertiary/aromatic N) is 4. The Bertz CT molecular complexity index is 1350. The molecule has 5 rings (SSSR count). The van der Waals surface area contributed by atoms with Gasteiger partial charge in [0.15, 0.2) is 16.1 Å². The Morgan fingerprint density at radius 3 is 2.18 bits per heavy atom. The summed E-state index contributed by atoms with van der Waals surface area (Å²) in [5.41, 5.74) is 3.77. The first kappa shape index (κ1) is 21.1. The van der Waals surface area contributed by atoms with Gasteiger partial charge in [0.25, 0.3) is 0 Å². The van der Waals surface area contributed by atoms with Gasteiger partial charge in [-0.25, -0.2) is 4.98 Å². The maximum absolute atomic E-state index is 12.6. The van der Waals surface area contributed by atoms with Crippen LogP contribution in [0.4, 0.5) is 5.13 Å². The van der Waals surface area contributed by atoms with Crippen molar-refractivity contribution in [3.05, 3.63) is 96.4 Å². The number of anilines is 1. The largest absolute Gasteiger partial charge is 0.301 e. The predicted octanol–water partition coefficient (Wildman–Crippen LogP) is 5.79. The Morgan fingerprint density at radius 2 is 1.48 bits per heavy atom. The molecule has 8 heteroatoms. The second-order valence-corrected chi connectivity index (χ2v) is 8.88. The lowest BCUT2D eigenvalue weighted by Gasteiger charge is -2.10. The number of rotatable bonds is 7. The Hall–Kier alpha value is -3.75. The maximum Gasteiger partial charge on any atom is 0.236 e. The molecule has 0 aliphatic rings. The SMILES string of the molecule is O=C(CSc1nnc(-c2ccccc2)n1-c1ccccc1)Nc1nc(-c2ccccc2)cs1. The minimum absolute atomic E-state index is 0.141. The van der Waals surface area contributed by atoms with Gasteiger partial charge in [-0.2, -0.15) is 0 Å². The molecule has 0 aliphatic heterocycles. The minimum Gasteiger partial charge on any atom is -0.301 e. The summed E-state index contributed by atoms with van der Waals surface area (Å²) >= 11 is 2.75. The van der Waals surface area contributed by atoms with Crippen LogP contribution in [0.5, 0.6) is 0 Å². The number of benzene rings is 3. The summed E-state index contributed by atoms with van der Waals surface area (Å²) in [5, 5.41) is 14.8. The van der Waals surface area contributed by atoms with Crippen molar-refractivity contribution in [2.75, 3.05) is 11.1 Å². The molecule has 0 spiro atoms. The minimum atomic E-state index is -0.141. The van der Waals surface area contributed by atoms with Crippen LogP contribution in [0.15, 0.2) is 102 Å². The van der Waals surface area contributed by atoms with Crippen molar-refractivity contribution in [3.63, 3.8) is 0 Å². The van der Waals surface area contributed by atoms with Crippen molar-refractivity contribution >= 4 is 34.1 Å². The number of nitrogens with one attached hydrogen (secondary N) is 1. The number of aromatic nitrogens is 4. The van der Waals surface area contributed by atoms with Crippen LogP contribution in [-0.4, -0.2) is 31.4 Å². The van der Waals surface area contributed by atoms with E-state index in [1.54, 1.807) is 0 Å². The van der Waals surface area contributed by atoms with Crippen molar-refractivity contribution in [1.29, 1.82) is 0 Å². The fourth-order valence-electron chi connectivity index (χ4n) is 3.31. The van der Waals surface area contributed by atoms with Crippen LogP contribution in [0.1, 0.15) is 0 Å². The molecule has 1 amide bonds. The van der Waals surface area contributed by atoms with Gasteiger partial charge < -0.3 is 5.32 Å². The highest BCUT2D eigenvalue weighted by Crippen LogP contribution is 2.28. The third kappa shape index (κ3) is 4.87. The van der Waals surface area contributed by atoms with E-state index in [2.05, 4.69) is 20.5 Å². The van der Waals surface area contributed by atoms with Gasteiger partial charge in [0.2, 0.25) is 5.91 Å². The number of hydrogen-bond acceptors (Lipinski definition) is 6. The molecule has 33 heavy (non-hydrogen) atoms. The summed E-state index contributed by atoms with van der Waals surface area (Å²) in [6.45, 7) is 0. The van der Waals surface area contributed by atoms with Crippen molar-refractivity contribution in [3.8, 4) is 28.3 Å². The average molecular weight is 470 g/mol. The number of carbonyl (C=O) groups excluding carboxylic acids is 1. The van der Waals surface area contributed by atoms with Crippen LogP contribution in [0.3, 0.4) is 0 Å². The summed E-state index contributed by atoms with van der Waals surface area (Å²) in [6.07, 6.45) is 0. The first-order valence-corrected chi connectivity index (χ1v) is 12.1. The van der Waals surface area contributed by atoms with Crippen LogP contribution in [0.2, 0.25) is 0 Å². The highest BCUT2D eigenvalue weighted by molar-refractivity contribution is 7.99. The maximum atomic E-state index is 12.6. The van der Waals surface area contributed by atoms with E-state index in [0.29, 0.717) is 10.3 Å². The van der Waals surface area contributed by atoms with Gasteiger partial charge in [-0.15, -0.1) is 21.5 Å². The molecule has 2 heterocycles. The van der Waals surface area contributed by atoms with Gasteiger partial charge in [0.05, 0.1) is 11.4 Å². The molecule has 0 fully saturated rings. The van der Waals surface area contributed by atoms with Gasteiger partial charge >= 0.3 is 0 Å². The summed E-state index contributed by atoms with van der Waals surface area (Å²) < 4.78 is 1.98. The zero-order valence-corrected chi connectivity index (χ0v) is 19.1. The zero-order chi connectivity index (χ0) is 22.5. The molecular weight excluding hydrogens is 450 g/mol. The summed E-state index contributed by atoms with van der Waals surface area (Å²) in [5.74, 6) is 0.787. The molecule has 0 saturated heterocycles. The standard InChI is InChI=1S/C25H19N5OS2/c31-22(27-24-26-21(16-32-24)18-10-4-1-5-11-18)17-33-25-29-28-23(19-12-6-2-7-13-19)30(25)20-14-8-3-9-15-20/h1-16H,17H2,(H,26,27,31). The van der Waals surface area contributed by atoms with E-state index >= 15 is 0 Å².